The monoisotopic (exact) mass is 316 g/mol. The molecule has 6 heteroatoms. The van der Waals surface area contributed by atoms with Crippen LogP contribution in [-0.2, 0) is 11.2 Å². The average molecular weight is 317 g/mol. The Hall–Kier alpha value is -0.970. The van der Waals surface area contributed by atoms with Crippen LogP contribution >= 0.6 is 24.0 Å². The fourth-order valence-electron chi connectivity index (χ4n) is 2.63. The van der Waals surface area contributed by atoms with Crippen molar-refractivity contribution in [3.63, 3.8) is 0 Å². The van der Waals surface area contributed by atoms with Gasteiger partial charge in [0.05, 0.1) is 5.92 Å². The lowest BCUT2D eigenvalue weighted by Gasteiger charge is -2.25. The number of fused-ring (bicyclic) bond motifs is 1. The Kier molecular flexibility index (Phi) is 5.13. The van der Waals surface area contributed by atoms with E-state index in [2.05, 4.69) is 10.6 Å². The molecule has 0 radical (unpaired) electrons. The minimum Gasteiger partial charge on any atom is -0.492 e. The summed E-state index contributed by atoms with van der Waals surface area (Å²) in [5.41, 5.74) is 1.02. The molecule has 0 spiro atoms. The molecule has 0 bridgehead atoms. The topological polar surface area (TPSA) is 50.4 Å². The number of hydrogen-bond acceptors (Lipinski definition) is 3. The van der Waals surface area contributed by atoms with Crippen LogP contribution in [0.3, 0.4) is 0 Å². The smallest absolute Gasteiger partial charge is 0.227 e. The molecule has 1 fully saturated rings. The van der Waals surface area contributed by atoms with E-state index < -0.39 is 0 Å². The Morgan fingerprint density at radius 3 is 3.05 bits per heavy atom. The number of hydrogen-bond donors (Lipinski definition) is 2. The summed E-state index contributed by atoms with van der Waals surface area (Å²) in [7, 11) is 0. The van der Waals surface area contributed by atoms with Gasteiger partial charge in [0.1, 0.15) is 12.4 Å². The fraction of sp³-hybridized carbons (Fsp3) is 0.500. The van der Waals surface area contributed by atoms with Crippen molar-refractivity contribution >= 4 is 29.9 Å². The van der Waals surface area contributed by atoms with Crippen LogP contribution in [0.1, 0.15) is 12.0 Å². The first-order chi connectivity index (χ1) is 9.22. The van der Waals surface area contributed by atoms with Gasteiger partial charge in [-0.15, -0.1) is 12.4 Å². The van der Waals surface area contributed by atoms with Crippen LogP contribution in [0.15, 0.2) is 18.2 Å². The van der Waals surface area contributed by atoms with Crippen LogP contribution < -0.4 is 15.4 Å². The molecule has 1 aromatic carbocycles. The number of carbonyl (C=O) groups is 1. The number of rotatable bonds is 2. The summed E-state index contributed by atoms with van der Waals surface area (Å²) in [5, 5.41) is 7.00. The number of nitrogens with one attached hydrogen (secondary N) is 2. The van der Waals surface area contributed by atoms with Crippen LogP contribution in [-0.4, -0.2) is 31.6 Å². The summed E-state index contributed by atoms with van der Waals surface area (Å²) in [6, 6.07) is 5.82. The van der Waals surface area contributed by atoms with E-state index in [4.69, 9.17) is 16.3 Å². The molecular weight excluding hydrogens is 299 g/mol. The Bertz CT molecular complexity index is 490. The summed E-state index contributed by atoms with van der Waals surface area (Å²) in [6.45, 7) is 2.28. The van der Waals surface area contributed by atoms with Gasteiger partial charge in [0.25, 0.3) is 0 Å². The molecule has 2 atom stereocenters. The highest BCUT2D eigenvalue weighted by atomic mass is 35.5. The van der Waals surface area contributed by atoms with E-state index in [9.17, 15) is 4.79 Å². The molecule has 4 nitrogen and oxygen atoms in total. The second-order valence-corrected chi connectivity index (χ2v) is 5.60. The predicted octanol–water partition coefficient (Wildman–Crippen LogP) is 1.79. The van der Waals surface area contributed by atoms with Gasteiger partial charge in [0.15, 0.2) is 0 Å². The van der Waals surface area contributed by atoms with Gasteiger partial charge in [-0.25, -0.2) is 0 Å². The van der Waals surface area contributed by atoms with Gasteiger partial charge in [-0.05, 0) is 43.1 Å². The van der Waals surface area contributed by atoms with Crippen molar-refractivity contribution in [2.45, 2.75) is 18.9 Å². The maximum Gasteiger partial charge on any atom is 0.227 e. The highest BCUT2D eigenvalue weighted by molar-refractivity contribution is 6.30. The van der Waals surface area contributed by atoms with Crippen molar-refractivity contribution < 1.29 is 9.53 Å². The van der Waals surface area contributed by atoms with E-state index in [-0.39, 0.29) is 30.3 Å². The van der Waals surface area contributed by atoms with E-state index in [1.54, 1.807) is 0 Å². The molecule has 2 aliphatic heterocycles. The summed E-state index contributed by atoms with van der Waals surface area (Å²) in [6.07, 6.45) is 1.70. The molecule has 2 unspecified atom stereocenters. The molecule has 1 saturated heterocycles. The predicted molar refractivity (Wildman–Crippen MR) is 80.8 cm³/mol. The van der Waals surface area contributed by atoms with Gasteiger partial charge >= 0.3 is 0 Å². The molecular formula is C14H18Cl2N2O2. The molecule has 0 aliphatic carbocycles. The molecule has 2 N–H and O–H groups in total. The van der Waals surface area contributed by atoms with Gasteiger partial charge < -0.3 is 15.4 Å². The third-order valence-electron chi connectivity index (χ3n) is 3.71. The Balaban J connectivity index is 0.00000147. The van der Waals surface area contributed by atoms with E-state index in [0.29, 0.717) is 18.1 Å². The molecule has 20 heavy (non-hydrogen) atoms. The second kappa shape index (κ2) is 6.66. The largest absolute Gasteiger partial charge is 0.492 e. The normalized spacial score (nSPS) is 24.2. The highest BCUT2D eigenvalue weighted by Crippen LogP contribution is 2.29. The van der Waals surface area contributed by atoms with Gasteiger partial charge in [-0.1, -0.05) is 11.6 Å². The number of carbonyl (C=O) groups excluding carboxylic acids is 1. The van der Waals surface area contributed by atoms with Crippen molar-refractivity contribution in [1.29, 1.82) is 0 Å². The minimum absolute atomic E-state index is 0. The van der Waals surface area contributed by atoms with E-state index in [0.717, 1.165) is 30.8 Å². The first kappa shape index (κ1) is 15.4. The van der Waals surface area contributed by atoms with E-state index >= 15 is 0 Å². The standard InChI is InChI=1S/C14H17ClN2O2.ClH/c15-11-1-2-13-9(6-11)5-10(8-19-13)14(18)17-12-3-4-16-7-12;/h1-2,6,10,12,16H,3-5,7-8H2,(H,17,18);1H. The molecule has 2 aliphatic rings. The van der Waals surface area contributed by atoms with Crippen molar-refractivity contribution in [2.75, 3.05) is 19.7 Å². The number of benzene rings is 1. The number of halogens is 2. The summed E-state index contributed by atoms with van der Waals surface area (Å²) in [5.74, 6) is 0.807. The van der Waals surface area contributed by atoms with Crippen LogP contribution in [0.5, 0.6) is 5.75 Å². The molecule has 0 saturated carbocycles. The second-order valence-electron chi connectivity index (χ2n) is 5.16. The Labute approximate surface area is 129 Å². The first-order valence-corrected chi connectivity index (χ1v) is 7.02. The zero-order valence-corrected chi connectivity index (χ0v) is 12.6. The Morgan fingerprint density at radius 2 is 2.30 bits per heavy atom. The zero-order chi connectivity index (χ0) is 13.2. The molecule has 2 heterocycles. The summed E-state index contributed by atoms with van der Waals surface area (Å²) in [4.78, 5) is 12.2. The van der Waals surface area contributed by atoms with Crippen molar-refractivity contribution in [2.24, 2.45) is 5.92 Å². The Morgan fingerprint density at radius 1 is 1.45 bits per heavy atom. The molecule has 110 valence electrons. The van der Waals surface area contributed by atoms with Crippen molar-refractivity contribution in [1.82, 2.24) is 10.6 Å². The van der Waals surface area contributed by atoms with Crippen LogP contribution in [0, 0.1) is 5.92 Å². The SMILES string of the molecule is Cl.O=C(NC1CCNC1)C1COc2ccc(Cl)cc2C1. The number of ether oxygens (including phenoxy) is 1. The van der Waals surface area contributed by atoms with Crippen molar-refractivity contribution in [3.8, 4) is 5.75 Å². The number of amides is 1. The molecule has 0 aromatic heterocycles. The third kappa shape index (κ3) is 3.37. The minimum atomic E-state index is -0.119. The lowest BCUT2D eigenvalue weighted by Crippen LogP contribution is -2.43. The lowest BCUT2D eigenvalue weighted by molar-refractivity contribution is -0.126. The molecule has 3 rings (SSSR count). The van der Waals surface area contributed by atoms with Crippen LogP contribution in [0.25, 0.3) is 0 Å². The third-order valence-corrected chi connectivity index (χ3v) is 3.94. The lowest BCUT2D eigenvalue weighted by atomic mass is 9.95. The zero-order valence-electron chi connectivity index (χ0n) is 11.0. The van der Waals surface area contributed by atoms with Crippen LogP contribution in [0.2, 0.25) is 5.02 Å². The van der Waals surface area contributed by atoms with Gasteiger partial charge in [0.2, 0.25) is 5.91 Å². The molecule has 1 aromatic rings. The summed E-state index contributed by atoms with van der Waals surface area (Å²) < 4.78 is 5.64. The van der Waals surface area contributed by atoms with E-state index in [1.165, 1.54) is 0 Å². The van der Waals surface area contributed by atoms with Crippen LogP contribution in [0.4, 0.5) is 0 Å². The summed E-state index contributed by atoms with van der Waals surface area (Å²) >= 11 is 5.98. The highest BCUT2D eigenvalue weighted by Gasteiger charge is 2.28. The van der Waals surface area contributed by atoms with Gasteiger partial charge in [-0.2, -0.15) is 0 Å². The van der Waals surface area contributed by atoms with Gasteiger partial charge in [0, 0.05) is 17.6 Å². The first-order valence-electron chi connectivity index (χ1n) is 6.64. The maximum atomic E-state index is 12.2. The van der Waals surface area contributed by atoms with E-state index in [1.807, 2.05) is 18.2 Å². The van der Waals surface area contributed by atoms with Gasteiger partial charge in [-0.3, -0.25) is 4.79 Å². The quantitative estimate of drug-likeness (QED) is 0.874. The fourth-order valence-corrected chi connectivity index (χ4v) is 2.82. The maximum absolute atomic E-state index is 12.2. The molecule has 1 amide bonds. The average Bonchev–Trinajstić information content (AvgIpc) is 2.90. The van der Waals surface area contributed by atoms with Crippen molar-refractivity contribution in [3.05, 3.63) is 28.8 Å².